The van der Waals surface area contributed by atoms with Crippen molar-refractivity contribution in [3.05, 3.63) is 129 Å². The van der Waals surface area contributed by atoms with Crippen molar-refractivity contribution in [2.24, 2.45) is 0 Å². The minimum atomic E-state index is -4.42. The highest BCUT2D eigenvalue weighted by molar-refractivity contribution is 7.48. The van der Waals surface area contributed by atoms with Gasteiger partial charge in [-0.2, -0.15) is 5.26 Å². The Morgan fingerprint density at radius 2 is 1.59 bits per heavy atom. The van der Waals surface area contributed by atoms with Crippen molar-refractivity contribution in [1.82, 2.24) is 5.32 Å². The summed E-state index contributed by atoms with van der Waals surface area (Å²) in [5.41, 5.74) is 4.56. The molecular formula is C35H32N3O10P. The fraction of sp³-hybridized carbons (Fsp3) is 0.229. The minimum absolute atomic E-state index is 0.0209. The molecule has 4 aromatic carbocycles. The van der Waals surface area contributed by atoms with Crippen LogP contribution in [-0.4, -0.2) is 41.3 Å². The van der Waals surface area contributed by atoms with Gasteiger partial charge in [-0.1, -0.05) is 72.8 Å². The number of carbonyl (C=O) groups is 2. The number of fused-ring (bicyclic) bond motifs is 3. The topological polar surface area (TPSA) is 187 Å². The van der Waals surface area contributed by atoms with Crippen molar-refractivity contribution < 1.29 is 42.5 Å². The maximum Gasteiger partial charge on any atom is 0.530 e. The number of nitrogens with one attached hydrogen (secondary N) is 1. The zero-order chi connectivity index (χ0) is 35.0. The molecule has 1 aliphatic carbocycles. The van der Waals surface area contributed by atoms with Gasteiger partial charge in [-0.15, -0.1) is 0 Å². The van der Waals surface area contributed by atoms with Crippen molar-refractivity contribution in [1.29, 1.82) is 5.26 Å². The van der Waals surface area contributed by atoms with Crippen LogP contribution in [0.15, 0.2) is 97.1 Å². The summed E-state index contributed by atoms with van der Waals surface area (Å²) in [7, 11) is -4.42. The molecule has 0 saturated carbocycles. The normalized spacial score (nSPS) is 14.3. The molecule has 1 amide bonds. The van der Waals surface area contributed by atoms with Crippen LogP contribution in [-0.2, 0) is 29.6 Å². The number of hydrogen-bond donors (Lipinski definition) is 2. The fourth-order valence-electron chi connectivity index (χ4n) is 5.56. The SMILES string of the molecule is CC(OP(=O)(OCCC#N)Oc1ccc(C[C@H](NC(=O)OCC2c3ccccc3-c3ccccc32)C(=O)O)cc1)c1ccccc1[N+](=O)[O-]. The number of carbonyl (C=O) groups excluding carboxylic acids is 1. The van der Waals surface area contributed by atoms with E-state index in [0.717, 1.165) is 22.3 Å². The number of rotatable bonds is 15. The Morgan fingerprint density at radius 3 is 2.20 bits per heavy atom. The summed E-state index contributed by atoms with van der Waals surface area (Å²) < 4.78 is 35.6. The van der Waals surface area contributed by atoms with E-state index in [1.807, 2.05) is 54.6 Å². The van der Waals surface area contributed by atoms with Crippen LogP contribution in [0.4, 0.5) is 10.5 Å². The maximum absolute atomic E-state index is 13.6. The number of nitro benzene ring substituents is 1. The number of amides is 1. The average Bonchev–Trinajstić information content (AvgIpc) is 3.41. The zero-order valence-electron chi connectivity index (χ0n) is 26.3. The molecule has 0 aromatic heterocycles. The van der Waals surface area contributed by atoms with Crippen LogP contribution >= 0.6 is 7.82 Å². The standard InChI is InChI=1S/C35H32N3O10P/c1-23(26-9-6-7-14-33(26)38(42)43)47-49(44,46-20-8-19-36)48-25-17-15-24(16-18-25)21-32(34(39)40)37-35(41)45-22-31-29-12-4-2-10-27(29)28-11-3-5-13-30(28)31/h2-7,9-18,23,31-32H,8,20-22H2,1H3,(H,37,41)(H,39,40)/t23?,32-,49?/m0/s1. The van der Waals surface area contributed by atoms with Crippen LogP contribution in [0.3, 0.4) is 0 Å². The second kappa shape index (κ2) is 15.6. The number of alkyl carbamates (subject to hydrolysis) is 1. The highest BCUT2D eigenvalue weighted by Gasteiger charge is 2.34. The number of aliphatic carboxylic acids is 1. The van der Waals surface area contributed by atoms with E-state index in [1.165, 1.54) is 49.4 Å². The number of carboxylic acid groups (broad SMARTS) is 1. The second-order valence-electron chi connectivity index (χ2n) is 11.1. The molecule has 0 heterocycles. The zero-order valence-corrected chi connectivity index (χ0v) is 27.2. The largest absolute Gasteiger partial charge is 0.530 e. The Bertz CT molecular complexity index is 1880. The molecule has 13 nitrogen and oxygen atoms in total. The van der Waals surface area contributed by atoms with Gasteiger partial charge in [-0.05, 0) is 52.9 Å². The first-order chi connectivity index (χ1) is 23.6. The molecule has 0 spiro atoms. The van der Waals surface area contributed by atoms with Crippen molar-refractivity contribution in [2.75, 3.05) is 13.2 Å². The van der Waals surface area contributed by atoms with Crippen molar-refractivity contribution in [2.45, 2.75) is 37.8 Å². The molecule has 5 rings (SSSR count). The van der Waals surface area contributed by atoms with Gasteiger partial charge in [-0.3, -0.25) is 19.2 Å². The lowest BCUT2D eigenvalue weighted by atomic mass is 9.98. The average molecular weight is 686 g/mol. The lowest BCUT2D eigenvalue weighted by molar-refractivity contribution is -0.386. The second-order valence-corrected chi connectivity index (χ2v) is 12.6. The number of nitriles is 1. The summed E-state index contributed by atoms with van der Waals surface area (Å²) in [6.07, 6.45) is -2.20. The number of ether oxygens (including phenoxy) is 1. The van der Waals surface area contributed by atoms with E-state index < -0.39 is 37.0 Å². The molecule has 1 aliphatic rings. The van der Waals surface area contributed by atoms with Gasteiger partial charge in [0.2, 0.25) is 0 Å². The van der Waals surface area contributed by atoms with Crippen LogP contribution in [0.5, 0.6) is 5.75 Å². The summed E-state index contributed by atoms with van der Waals surface area (Å²) in [6, 6.07) is 27.9. The molecule has 0 fully saturated rings. The van der Waals surface area contributed by atoms with Crippen molar-refractivity contribution >= 4 is 25.6 Å². The summed E-state index contributed by atoms with van der Waals surface area (Å²) in [5.74, 6) is -1.44. The highest BCUT2D eigenvalue weighted by atomic mass is 31.2. The Kier molecular flexibility index (Phi) is 11.1. The first-order valence-corrected chi connectivity index (χ1v) is 16.7. The number of carboxylic acids is 1. The lowest BCUT2D eigenvalue weighted by Crippen LogP contribution is -2.42. The smallest absolute Gasteiger partial charge is 0.480 e. The Balaban J connectivity index is 1.22. The third-order valence-electron chi connectivity index (χ3n) is 7.84. The molecule has 2 unspecified atom stereocenters. The highest BCUT2D eigenvalue weighted by Crippen LogP contribution is 2.53. The van der Waals surface area contributed by atoms with Gasteiger partial charge in [0.1, 0.15) is 18.4 Å². The van der Waals surface area contributed by atoms with Gasteiger partial charge in [-0.25, -0.2) is 14.2 Å². The van der Waals surface area contributed by atoms with Gasteiger partial charge in [0.05, 0.1) is 35.7 Å². The molecule has 0 radical (unpaired) electrons. The van der Waals surface area contributed by atoms with E-state index in [-0.39, 0.29) is 49.0 Å². The summed E-state index contributed by atoms with van der Waals surface area (Å²) >= 11 is 0. The summed E-state index contributed by atoms with van der Waals surface area (Å²) in [6.45, 7) is 1.18. The third-order valence-corrected chi connectivity index (χ3v) is 9.34. The number of phosphoric ester groups is 1. The van der Waals surface area contributed by atoms with Crippen molar-refractivity contribution in [3.8, 4) is 22.9 Å². The van der Waals surface area contributed by atoms with Crippen LogP contribution in [0.25, 0.3) is 11.1 Å². The van der Waals surface area contributed by atoms with Crippen LogP contribution < -0.4 is 9.84 Å². The quantitative estimate of drug-likeness (QED) is 0.0552. The first-order valence-electron chi connectivity index (χ1n) is 15.2. The minimum Gasteiger partial charge on any atom is -0.480 e. The number of hydrogen-bond acceptors (Lipinski definition) is 10. The predicted molar refractivity (Wildman–Crippen MR) is 177 cm³/mol. The summed E-state index contributed by atoms with van der Waals surface area (Å²) in [5, 5.41) is 32.6. The lowest BCUT2D eigenvalue weighted by Gasteiger charge is -2.22. The number of benzene rings is 4. The molecule has 2 N–H and O–H groups in total. The third kappa shape index (κ3) is 8.49. The van der Waals surface area contributed by atoms with Crippen LogP contribution in [0.2, 0.25) is 0 Å². The molecule has 14 heteroatoms. The number of nitro groups is 1. The van der Waals surface area contributed by atoms with E-state index in [1.54, 1.807) is 6.07 Å². The molecule has 49 heavy (non-hydrogen) atoms. The van der Waals surface area contributed by atoms with E-state index in [4.69, 9.17) is 23.6 Å². The maximum atomic E-state index is 13.6. The Labute approximate surface area is 281 Å². The number of phosphoric acid groups is 1. The summed E-state index contributed by atoms with van der Waals surface area (Å²) in [4.78, 5) is 35.7. The molecule has 3 atom stereocenters. The van der Waals surface area contributed by atoms with E-state index in [9.17, 15) is 29.4 Å². The van der Waals surface area contributed by atoms with E-state index in [2.05, 4.69) is 5.32 Å². The number of para-hydroxylation sites is 1. The van der Waals surface area contributed by atoms with Crippen molar-refractivity contribution in [3.63, 3.8) is 0 Å². The molecule has 4 aromatic rings. The van der Waals surface area contributed by atoms with Gasteiger partial charge in [0.25, 0.3) is 5.69 Å². The van der Waals surface area contributed by atoms with E-state index >= 15 is 0 Å². The molecule has 0 bridgehead atoms. The molecule has 0 saturated heterocycles. The Hall–Kier alpha value is -5.54. The monoisotopic (exact) mass is 685 g/mol. The molecular weight excluding hydrogens is 653 g/mol. The number of nitrogens with zero attached hydrogens (tertiary/aromatic N) is 2. The van der Waals surface area contributed by atoms with Crippen LogP contribution in [0, 0.1) is 21.4 Å². The van der Waals surface area contributed by atoms with Crippen LogP contribution in [0.1, 0.15) is 47.6 Å². The molecule has 252 valence electrons. The van der Waals surface area contributed by atoms with Gasteiger partial charge in [0.15, 0.2) is 0 Å². The van der Waals surface area contributed by atoms with Gasteiger partial charge >= 0.3 is 19.9 Å². The Morgan fingerprint density at radius 1 is 0.980 bits per heavy atom. The van der Waals surface area contributed by atoms with Gasteiger partial charge in [0, 0.05) is 18.4 Å². The fourth-order valence-corrected chi connectivity index (χ4v) is 6.92. The predicted octanol–water partition coefficient (Wildman–Crippen LogP) is 7.32. The first kappa shape index (κ1) is 34.8. The molecule has 0 aliphatic heterocycles. The van der Waals surface area contributed by atoms with Gasteiger partial charge < -0.3 is 19.7 Å². The van der Waals surface area contributed by atoms with E-state index in [0.29, 0.717) is 5.56 Å².